The number of likely N-dealkylation sites (tertiary alicyclic amines) is 1. The van der Waals surface area contributed by atoms with Gasteiger partial charge < -0.3 is 9.88 Å². The third kappa shape index (κ3) is 3.02. The first-order valence-electron chi connectivity index (χ1n) is 9.41. The van der Waals surface area contributed by atoms with E-state index in [4.69, 9.17) is 0 Å². The van der Waals surface area contributed by atoms with E-state index in [0.29, 0.717) is 36.4 Å². The summed E-state index contributed by atoms with van der Waals surface area (Å²) in [6, 6.07) is 6.94. The van der Waals surface area contributed by atoms with E-state index in [1.165, 1.54) is 4.68 Å². The van der Waals surface area contributed by atoms with Gasteiger partial charge in [0.1, 0.15) is 5.82 Å². The van der Waals surface area contributed by atoms with Crippen LogP contribution in [0.25, 0.3) is 10.9 Å². The highest BCUT2D eigenvalue weighted by Gasteiger charge is 2.30. The van der Waals surface area contributed by atoms with Gasteiger partial charge in [-0.15, -0.1) is 0 Å². The van der Waals surface area contributed by atoms with Gasteiger partial charge in [0.2, 0.25) is 0 Å². The second-order valence-electron chi connectivity index (χ2n) is 7.03. The van der Waals surface area contributed by atoms with Crippen molar-refractivity contribution in [3.8, 4) is 0 Å². The summed E-state index contributed by atoms with van der Waals surface area (Å²) in [5.74, 6) is 0.401. The Kier molecular flexibility index (Phi) is 4.58. The number of amides is 1. The monoisotopic (exact) mass is 382 g/mol. The molecule has 1 aliphatic heterocycles. The maximum atomic E-state index is 13.0. The molecule has 1 aromatic carbocycles. The van der Waals surface area contributed by atoms with E-state index in [9.17, 15) is 14.4 Å². The van der Waals surface area contributed by atoms with Gasteiger partial charge >= 0.3 is 5.69 Å². The SMILES string of the molecule is CCn1c([C@@H]2CCCN(C(=O)c3nc4ccccc4c(=O)[nH]3)C2)nn(C)c1=O. The van der Waals surface area contributed by atoms with Crippen molar-refractivity contribution in [3.05, 3.63) is 56.8 Å². The molecular weight excluding hydrogens is 360 g/mol. The molecule has 1 fully saturated rings. The quantitative estimate of drug-likeness (QED) is 0.723. The van der Waals surface area contributed by atoms with Crippen molar-refractivity contribution in [2.24, 2.45) is 7.05 Å². The molecule has 3 aromatic rings. The standard InChI is InChI=1S/C19H22N6O3/c1-3-25-16(22-23(2)19(25)28)12-7-6-10-24(11-12)18(27)15-20-14-9-5-4-8-13(14)17(26)21-15/h4-5,8-9,12H,3,6-7,10-11H2,1-2H3,(H,20,21,26)/t12-/m1/s1. The summed E-state index contributed by atoms with van der Waals surface area (Å²) in [4.78, 5) is 46.1. The molecule has 4 rings (SSSR count). The van der Waals surface area contributed by atoms with Gasteiger partial charge in [-0.05, 0) is 31.9 Å². The van der Waals surface area contributed by atoms with Crippen molar-refractivity contribution in [1.82, 2.24) is 29.2 Å². The van der Waals surface area contributed by atoms with Crippen molar-refractivity contribution in [1.29, 1.82) is 0 Å². The number of fused-ring (bicyclic) bond motifs is 1. The van der Waals surface area contributed by atoms with Gasteiger partial charge in [-0.3, -0.25) is 14.2 Å². The summed E-state index contributed by atoms with van der Waals surface area (Å²) in [5, 5.41) is 4.84. The number of carbonyl (C=O) groups is 1. The molecule has 1 amide bonds. The summed E-state index contributed by atoms with van der Waals surface area (Å²) in [6.45, 7) is 3.45. The van der Waals surface area contributed by atoms with Crippen LogP contribution in [0.1, 0.15) is 42.1 Å². The zero-order chi connectivity index (χ0) is 19.8. The number of carbonyl (C=O) groups excluding carboxylic acids is 1. The highest BCUT2D eigenvalue weighted by molar-refractivity contribution is 5.92. The molecule has 1 saturated heterocycles. The molecule has 1 N–H and O–H groups in total. The fraction of sp³-hybridized carbons (Fsp3) is 0.421. The van der Waals surface area contributed by atoms with E-state index in [0.717, 1.165) is 12.8 Å². The highest BCUT2D eigenvalue weighted by Crippen LogP contribution is 2.25. The first-order chi connectivity index (χ1) is 13.5. The first kappa shape index (κ1) is 18.1. The molecule has 0 spiro atoms. The Morgan fingerprint density at radius 3 is 2.86 bits per heavy atom. The van der Waals surface area contributed by atoms with Gasteiger partial charge in [-0.2, -0.15) is 5.10 Å². The molecule has 9 heteroatoms. The second-order valence-corrected chi connectivity index (χ2v) is 7.03. The molecule has 1 aliphatic rings. The number of piperidine rings is 1. The molecule has 0 unspecified atom stereocenters. The van der Waals surface area contributed by atoms with E-state index >= 15 is 0 Å². The number of hydrogen-bond acceptors (Lipinski definition) is 5. The van der Waals surface area contributed by atoms with E-state index < -0.39 is 0 Å². The molecule has 0 bridgehead atoms. The molecule has 0 aliphatic carbocycles. The molecule has 1 atom stereocenters. The van der Waals surface area contributed by atoms with Gasteiger partial charge in [0.25, 0.3) is 11.5 Å². The van der Waals surface area contributed by atoms with Crippen LogP contribution in [0.15, 0.2) is 33.9 Å². The molecule has 9 nitrogen and oxygen atoms in total. The Balaban J connectivity index is 1.63. The summed E-state index contributed by atoms with van der Waals surface area (Å²) in [6.07, 6.45) is 1.64. The average Bonchev–Trinajstić information content (AvgIpc) is 3.01. The number of para-hydroxylation sites is 1. The Hall–Kier alpha value is -3.23. The van der Waals surface area contributed by atoms with Crippen LogP contribution < -0.4 is 11.2 Å². The van der Waals surface area contributed by atoms with Crippen LogP contribution in [-0.4, -0.2) is 48.2 Å². The zero-order valence-corrected chi connectivity index (χ0v) is 15.9. The van der Waals surface area contributed by atoms with Gasteiger partial charge in [0, 0.05) is 32.6 Å². The normalized spacial score (nSPS) is 17.2. The fourth-order valence-corrected chi connectivity index (χ4v) is 3.83. The summed E-state index contributed by atoms with van der Waals surface area (Å²) >= 11 is 0. The third-order valence-corrected chi connectivity index (χ3v) is 5.24. The fourth-order valence-electron chi connectivity index (χ4n) is 3.83. The van der Waals surface area contributed by atoms with E-state index in [1.807, 2.05) is 6.92 Å². The van der Waals surface area contributed by atoms with Crippen LogP contribution in [0.2, 0.25) is 0 Å². The van der Waals surface area contributed by atoms with E-state index in [-0.39, 0.29) is 28.9 Å². The Bertz CT molecular complexity index is 1160. The number of aromatic amines is 1. The average molecular weight is 382 g/mol. The highest BCUT2D eigenvalue weighted by atomic mass is 16.2. The van der Waals surface area contributed by atoms with E-state index in [1.54, 1.807) is 40.8 Å². The number of nitrogens with zero attached hydrogens (tertiary/aromatic N) is 5. The third-order valence-electron chi connectivity index (χ3n) is 5.24. The lowest BCUT2D eigenvalue weighted by Crippen LogP contribution is -2.41. The smallest absolute Gasteiger partial charge is 0.335 e. The molecule has 0 saturated carbocycles. The van der Waals surface area contributed by atoms with Crippen LogP contribution in [0.5, 0.6) is 0 Å². The Morgan fingerprint density at radius 2 is 2.07 bits per heavy atom. The lowest BCUT2D eigenvalue weighted by atomic mass is 9.97. The minimum absolute atomic E-state index is 0.0290. The van der Waals surface area contributed by atoms with Crippen molar-refractivity contribution >= 4 is 16.8 Å². The first-order valence-corrected chi connectivity index (χ1v) is 9.41. The van der Waals surface area contributed by atoms with Gasteiger partial charge in [0.15, 0.2) is 5.82 Å². The van der Waals surface area contributed by atoms with Crippen molar-refractivity contribution < 1.29 is 4.79 Å². The van der Waals surface area contributed by atoms with Gasteiger partial charge in [0.05, 0.1) is 10.9 Å². The van der Waals surface area contributed by atoms with Crippen LogP contribution >= 0.6 is 0 Å². The molecule has 3 heterocycles. The predicted octanol–water partition coefficient (Wildman–Crippen LogP) is 0.858. The minimum atomic E-state index is -0.327. The molecule has 0 radical (unpaired) electrons. The zero-order valence-electron chi connectivity index (χ0n) is 15.9. The number of rotatable bonds is 3. The topological polar surface area (TPSA) is 106 Å². The van der Waals surface area contributed by atoms with Gasteiger partial charge in [-0.25, -0.2) is 14.5 Å². The van der Waals surface area contributed by atoms with Crippen LogP contribution in [0.3, 0.4) is 0 Å². The number of aromatic nitrogens is 5. The lowest BCUT2D eigenvalue weighted by Gasteiger charge is -2.31. The predicted molar refractivity (Wildman–Crippen MR) is 103 cm³/mol. The van der Waals surface area contributed by atoms with Gasteiger partial charge in [-0.1, -0.05) is 12.1 Å². The Labute approximate surface area is 160 Å². The maximum Gasteiger partial charge on any atom is 0.345 e. The van der Waals surface area contributed by atoms with Crippen molar-refractivity contribution in [3.63, 3.8) is 0 Å². The molecular formula is C19H22N6O3. The molecule has 2 aromatic heterocycles. The van der Waals surface area contributed by atoms with Crippen molar-refractivity contribution in [2.75, 3.05) is 13.1 Å². The van der Waals surface area contributed by atoms with Crippen LogP contribution in [0.4, 0.5) is 0 Å². The largest absolute Gasteiger partial charge is 0.345 e. The molecule has 28 heavy (non-hydrogen) atoms. The lowest BCUT2D eigenvalue weighted by molar-refractivity contribution is 0.0690. The second kappa shape index (κ2) is 7.06. The number of hydrogen-bond donors (Lipinski definition) is 1. The summed E-state index contributed by atoms with van der Waals surface area (Å²) in [7, 11) is 1.63. The van der Waals surface area contributed by atoms with Crippen molar-refractivity contribution in [2.45, 2.75) is 32.2 Å². The van der Waals surface area contributed by atoms with Crippen LogP contribution in [-0.2, 0) is 13.6 Å². The minimum Gasteiger partial charge on any atom is -0.335 e. The number of H-pyrrole nitrogens is 1. The number of aryl methyl sites for hydroxylation is 1. The number of benzene rings is 1. The number of nitrogens with one attached hydrogen (secondary N) is 1. The summed E-state index contributed by atoms with van der Waals surface area (Å²) in [5.41, 5.74) is 0.0150. The van der Waals surface area contributed by atoms with E-state index in [2.05, 4.69) is 15.1 Å². The summed E-state index contributed by atoms with van der Waals surface area (Å²) < 4.78 is 2.98. The van der Waals surface area contributed by atoms with Crippen LogP contribution in [0, 0.1) is 0 Å². The maximum absolute atomic E-state index is 13.0. The molecule has 146 valence electrons. The Morgan fingerprint density at radius 1 is 1.29 bits per heavy atom.